The van der Waals surface area contributed by atoms with Crippen molar-refractivity contribution in [1.82, 2.24) is 0 Å². The van der Waals surface area contributed by atoms with Gasteiger partial charge in [-0.1, -0.05) is 66.7 Å². The van der Waals surface area contributed by atoms with Crippen molar-refractivity contribution in [3.05, 3.63) is 0 Å². The van der Waals surface area contributed by atoms with E-state index in [1.165, 1.54) is 32.1 Å². The fourth-order valence-electron chi connectivity index (χ4n) is 4.22. The van der Waals surface area contributed by atoms with Crippen molar-refractivity contribution in [2.45, 2.75) is 85.5 Å². The van der Waals surface area contributed by atoms with Gasteiger partial charge in [-0.25, -0.2) is 0 Å². The summed E-state index contributed by atoms with van der Waals surface area (Å²) in [7, 11) is 4.93. The Morgan fingerprint density at radius 1 is 0.926 bits per heavy atom. The predicted molar refractivity (Wildman–Crippen MR) is 113 cm³/mol. The van der Waals surface area contributed by atoms with E-state index in [0.717, 1.165) is 12.8 Å². The lowest BCUT2D eigenvalue weighted by Gasteiger charge is -2.55. The smallest absolute Gasteiger partial charge is 0.288 e. The van der Waals surface area contributed by atoms with E-state index in [1.807, 2.05) is 0 Å². The average molecular weight is 388 g/mol. The van der Waals surface area contributed by atoms with Crippen LogP contribution in [0.4, 0.5) is 0 Å². The molecule has 0 aromatic carbocycles. The number of ether oxygens (including phenoxy) is 3. The van der Waals surface area contributed by atoms with Crippen molar-refractivity contribution in [1.29, 1.82) is 0 Å². The second-order valence-corrected chi connectivity index (χ2v) is 8.38. The highest BCUT2D eigenvalue weighted by atomic mass is 16.9. The molecule has 162 valence electrons. The second-order valence-electron chi connectivity index (χ2n) is 8.38. The van der Waals surface area contributed by atoms with Gasteiger partial charge in [0.15, 0.2) is 5.96 Å². The van der Waals surface area contributed by atoms with Gasteiger partial charge in [-0.15, -0.1) is 0 Å². The summed E-state index contributed by atoms with van der Waals surface area (Å²) in [5.74, 6) is -0.536. The summed E-state index contributed by atoms with van der Waals surface area (Å²) >= 11 is 0. The third-order valence-corrected chi connectivity index (χ3v) is 6.76. The summed E-state index contributed by atoms with van der Waals surface area (Å²) in [5, 5.41) is 0. The van der Waals surface area contributed by atoms with Gasteiger partial charge in [-0.3, -0.25) is 4.99 Å². The Kier molecular flexibility index (Phi) is 11.5. The molecule has 4 N–H and O–H groups in total. The first-order valence-corrected chi connectivity index (χ1v) is 10.3. The molecule has 0 aromatic heterocycles. The molecule has 0 aliphatic heterocycles. The number of aliphatic imine (C=N–C) groups is 1. The van der Waals surface area contributed by atoms with Gasteiger partial charge in [-0.05, 0) is 24.2 Å². The van der Waals surface area contributed by atoms with Gasteiger partial charge in [0, 0.05) is 27.9 Å². The van der Waals surface area contributed by atoms with Crippen molar-refractivity contribution in [2.24, 2.45) is 33.2 Å². The minimum absolute atomic E-state index is 0.0980. The summed E-state index contributed by atoms with van der Waals surface area (Å²) in [6, 6.07) is 0. The third kappa shape index (κ3) is 6.33. The molecule has 6 heteroatoms. The zero-order chi connectivity index (χ0) is 21.1. The molecule has 0 aliphatic rings. The standard InChI is InChI=1S/C21H45N3O3/c1-9-10-11-12-14-17(2)19(3,4)20(5,15-13-16-24-18(22)23)21(25-6,26-7)27-8/h17H,9-16H2,1-8H3,(H4,22,23,24). The first-order valence-electron chi connectivity index (χ1n) is 10.3. The molecule has 2 atom stereocenters. The molecule has 0 fully saturated rings. The summed E-state index contributed by atoms with van der Waals surface area (Å²) < 4.78 is 17.5. The van der Waals surface area contributed by atoms with Gasteiger partial charge in [-0.2, -0.15) is 0 Å². The highest BCUT2D eigenvalue weighted by Gasteiger charge is 2.59. The van der Waals surface area contributed by atoms with E-state index in [1.54, 1.807) is 21.3 Å². The Bertz CT molecular complexity index is 424. The van der Waals surface area contributed by atoms with Crippen LogP contribution < -0.4 is 11.5 Å². The van der Waals surface area contributed by atoms with Gasteiger partial charge < -0.3 is 25.7 Å². The van der Waals surface area contributed by atoms with Crippen LogP contribution in [0.1, 0.15) is 79.6 Å². The Morgan fingerprint density at radius 2 is 1.48 bits per heavy atom. The Labute approximate surface area is 167 Å². The van der Waals surface area contributed by atoms with E-state index in [9.17, 15) is 0 Å². The van der Waals surface area contributed by atoms with Crippen molar-refractivity contribution in [3.8, 4) is 0 Å². The van der Waals surface area contributed by atoms with E-state index < -0.39 is 11.4 Å². The highest BCUT2D eigenvalue weighted by Crippen LogP contribution is 2.56. The maximum Gasteiger partial charge on any atom is 0.288 e. The van der Waals surface area contributed by atoms with Gasteiger partial charge in [0.25, 0.3) is 5.97 Å². The molecule has 0 spiro atoms. The number of nitrogens with two attached hydrogens (primary N) is 2. The minimum Gasteiger partial charge on any atom is -0.370 e. The van der Waals surface area contributed by atoms with Crippen LogP contribution in [-0.4, -0.2) is 39.8 Å². The topological polar surface area (TPSA) is 92.1 Å². The molecule has 0 aromatic rings. The molecule has 0 saturated heterocycles. The first kappa shape index (κ1) is 26.1. The zero-order valence-corrected chi connectivity index (χ0v) is 19.1. The van der Waals surface area contributed by atoms with Crippen LogP contribution in [0.25, 0.3) is 0 Å². The van der Waals surface area contributed by atoms with Gasteiger partial charge in [0.05, 0.1) is 5.41 Å². The molecule has 0 rings (SSSR count). The van der Waals surface area contributed by atoms with E-state index in [-0.39, 0.29) is 11.4 Å². The maximum absolute atomic E-state index is 5.83. The SMILES string of the molecule is CCCCCCC(C)C(C)(C)C(C)(CCCN=C(N)N)C(OC)(OC)OC. The Hall–Kier alpha value is -0.850. The first-order chi connectivity index (χ1) is 12.6. The van der Waals surface area contributed by atoms with Crippen LogP contribution in [0.3, 0.4) is 0 Å². The van der Waals surface area contributed by atoms with E-state index in [2.05, 4.69) is 39.6 Å². The molecular weight excluding hydrogens is 342 g/mol. The predicted octanol–water partition coefficient (Wildman–Crippen LogP) is 4.27. The van der Waals surface area contributed by atoms with Crippen LogP contribution >= 0.6 is 0 Å². The van der Waals surface area contributed by atoms with Crippen LogP contribution in [-0.2, 0) is 14.2 Å². The number of unbranched alkanes of at least 4 members (excludes halogenated alkanes) is 3. The molecule has 0 amide bonds. The number of rotatable bonds is 15. The van der Waals surface area contributed by atoms with E-state index in [0.29, 0.717) is 12.5 Å². The van der Waals surface area contributed by atoms with E-state index in [4.69, 9.17) is 25.7 Å². The second kappa shape index (κ2) is 11.9. The van der Waals surface area contributed by atoms with Crippen LogP contribution in [0.5, 0.6) is 0 Å². The molecule has 0 bridgehead atoms. The number of hydrogen-bond acceptors (Lipinski definition) is 4. The lowest BCUT2D eigenvalue weighted by atomic mass is 9.56. The molecule has 6 nitrogen and oxygen atoms in total. The number of guanidine groups is 1. The average Bonchev–Trinajstić information content (AvgIpc) is 2.63. The Morgan fingerprint density at radius 3 is 1.93 bits per heavy atom. The monoisotopic (exact) mass is 387 g/mol. The highest BCUT2D eigenvalue weighted by molar-refractivity contribution is 5.75. The normalized spacial score (nSPS) is 16.0. The van der Waals surface area contributed by atoms with E-state index >= 15 is 0 Å². The van der Waals surface area contributed by atoms with Crippen molar-refractivity contribution >= 4 is 5.96 Å². The molecule has 0 saturated carbocycles. The quantitative estimate of drug-likeness (QED) is 0.189. The van der Waals surface area contributed by atoms with Gasteiger partial charge >= 0.3 is 0 Å². The summed E-state index contributed by atoms with van der Waals surface area (Å²) in [4.78, 5) is 4.13. The van der Waals surface area contributed by atoms with Crippen LogP contribution in [0.15, 0.2) is 4.99 Å². The fraction of sp³-hybridized carbons (Fsp3) is 0.952. The third-order valence-electron chi connectivity index (χ3n) is 6.76. The summed E-state index contributed by atoms with van der Waals surface area (Å²) in [6.45, 7) is 11.9. The molecule has 0 heterocycles. The van der Waals surface area contributed by atoms with Crippen LogP contribution in [0.2, 0.25) is 0 Å². The van der Waals surface area contributed by atoms with Crippen molar-refractivity contribution in [3.63, 3.8) is 0 Å². The van der Waals surface area contributed by atoms with Gasteiger partial charge in [0.1, 0.15) is 0 Å². The Balaban J connectivity index is 5.61. The molecule has 2 unspecified atom stereocenters. The summed E-state index contributed by atoms with van der Waals surface area (Å²) in [6.07, 6.45) is 7.86. The zero-order valence-electron chi connectivity index (χ0n) is 19.1. The minimum atomic E-state index is -1.13. The summed E-state index contributed by atoms with van der Waals surface area (Å²) in [5.41, 5.74) is 10.4. The maximum atomic E-state index is 5.83. The number of methoxy groups -OCH3 is 3. The fourth-order valence-corrected chi connectivity index (χ4v) is 4.22. The molecule has 0 aliphatic carbocycles. The van der Waals surface area contributed by atoms with Gasteiger partial charge in [0.2, 0.25) is 0 Å². The molecular formula is C21H45N3O3. The lowest BCUT2D eigenvalue weighted by Crippen LogP contribution is -2.59. The van der Waals surface area contributed by atoms with Crippen LogP contribution in [0, 0.1) is 16.7 Å². The number of hydrogen-bond donors (Lipinski definition) is 2. The molecule has 27 heavy (non-hydrogen) atoms. The largest absolute Gasteiger partial charge is 0.370 e. The molecule has 0 radical (unpaired) electrons. The number of nitrogens with zero attached hydrogens (tertiary/aromatic N) is 1. The van der Waals surface area contributed by atoms with Crippen molar-refractivity contribution in [2.75, 3.05) is 27.9 Å². The lowest BCUT2D eigenvalue weighted by molar-refractivity contribution is -0.425. The van der Waals surface area contributed by atoms with Crippen molar-refractivity contribution < 1.29 is 14.2 Å².